The van der Waals surface area contributed by atoms with E-state index in [2.05, 4.69) is 27.7 Å². The van der Waals surface area contributed by atoms with Crippen molar-refractivity contribution in [3.05, 3.63) is 0 Å². The van der Waals surface area contributed by atoms with Gasteiger partial charge >= 0.3 is 186 Å². The molecule has 0 fully saturated rings. The van der Waals surface area contributed by atoms with Gasteiger partial charge in [-0.3, -0.25) is 0 Å². The van der Waals surface area contributed by atoms with Gasteiger partial charge in [0.1, 0.15) is 0 Å². The van der Waals surface area contributed by atoms with Crippen LogP contribution in [0.3, 0.4) is 0 Å². The van der Waals surface area contributed by atoms with E-state index < -0.39 is 24.0 Å². The van der Waals surface area contributed by atoms with E-state index in [0.717, 1.165) is 12.8 Å². The maximum atomic E-state index is 13.1. The molecule has 174 valence electrons. The molecule has 1 N–H and O–H groups in total. The van der Waals surface area contributed by atoms with Gasteiger partial charge in [-0.05, 0) is 0 Å². The van der Waals surface area contributed by atoms with Crippen LogP contribution in [0.1, 0.15) is 113 Å². The third kappa shape index (κ3) is 11.3. The normalized spacial score (nSPS) is 13.4. The van der Waals surface area contributed by atoms with Crippen molar-refractivity contribution in [2.45, 2.75) is 136 Å². The first-order chi connectivity index (χ1) is 13.7. The standard InChI is InChI=1S/C12H24NO3.3C4H9.Sn/c1-5-6-7-8-9-13(10-14)11(15)16-12(2,3)4;3*1-3-4-2;/h9,14H,5-8,10H2,1-4H3;3*1,3-4H2,2H3;. The Morgan fingerprint density at radius 1 is 0.862 bits per heavy atom. The number of rotatable bonds is 16. The van der Waals surface area contributed by atoms with E-state index in [1.165, 1.54) is 64.7 Å². The summed E-state index contributed by atoms with van der Waals surface area (Å²) in [6.07, 6.45) is 11.7. The average molecular weight is 520 g/mol. The van der Waals surface area contributed by atoms with Crippen LogP contribution in [0.2, 0.25) is 13.3 Å². The van der Waals surface area contributed by atoms with E-state index in [-0.39, 0.29) is 16.9 Å². The van der Waals surface area contributed by atoms with Gasteiger partial charge in [0.05, 0.1) is 0 Å². The van der Waals surface area contributed by atoms with Crippen molar-refractivity contribution in [3.8, 4) is 0 Å². The number of hydrogen-bond donors (Lipinski definition) is 1. The van der Waals surface area contributed by atoms with E-state index in [0.29, 0.717) is 0 Å². The molecule has 0 aliphatic heterocycles. The fraction of sp³-hybridized carbons (Fsp3) is 0.958. The zero-order chi connectivity index (χ0) is 22.3. The van der Waals surface area contributed by atoms with Gasteiger partial charge in [0, 0.05) is 0 Å². The van der Waals surface area contributed by atoms with Crippen molar-refractivity contribution >= 4 is 24.5 Å². The van der Waals surface area contributed by atoms with Crippen LogP contribution in [-0.2, 0) is 4.74 Å². The SMILES string of the molecule is CCCCC[CH](N(CO)C(=O)OC(C)(C)C)[Sn]([CH2]CCC)([CH2]CCC)[CH2]CCC. The molecule has 5 heteroatoms. The van der Waals surface area contributed by atoms with Gasteiger partial charge in [0.25, 0.3) is 0 Å². The van der Waals surface area contributed by atoms with Crippen LogP contribution < -0.4 is 0 Å². The Morgan fingerprint density at radius 2 is 1.31 bits per heavy atom. The van der Waals surface area contributed by atoms with Crippen LogP contribution in [0.15, 0.2) is 0 Å². The number of aliphatic hydroxyl groups is 1. The summed E-state index contributed by atoms with van der Waals surface area (Å²) in [5.41, 5.74) is -0.535. The van der Waals surface area contributed by atoms with Crippen LogP contribution >= 0.6 is 0 Å². The van der Waals surface area contributed by atoms with Gasteiger partial charge < -0.3 is 0 Å². The van der Waals surface area contributed by atoms with Gasteiger partial charge in [0.2, 0.25) is 0 Å². The minimum absolute atomic E-state index is 0.214. The Balaban J connectivity index is 6.02. The Kier molecular flexibility index (Phi) is 15.8. The summed E-state index contributed by atoms with van der Waals surface area (Å²) >= 11 is -2.75. The van der Waals surface area contributed by atoms with Crippen molar-refractivity contribution in [2.24, 2.45) is 0 Å². The van der Waals surface area contributed by atoms with Crippen molar-refractivity contribution in [1.82, 2.24) is 4.90 Å². The van der Waals surface area contributed by atoms with E-state index in [1.807, 2.05) is 20.8 Å². The zero-order valence-electron chi connectivity index (χ0n) is 20.7. The van der Waals surface area contributed by atoms with Gasteiger partial charge in [-0.1, -0.05) is 0 Å². The first-order valence-corrected chi connectivity index (χ1v) is 20.0. The molecule has 0 rings (SSSR count). The van der Waals surface area contributed by atoms with E-state index in [4.69, 9.17) is 4.74 Å². The van der Waals surface area contributed by atoms with Gasteiger partial charge in [-0.15, -0.1) is 0 Å². The third-order valence-electron chi connectivity index (χ3n) is 6.03. The average Bonchev–Trinajstić information content (AvgIpc) is 2.66. The molecule has 0 heterocycles. The molecule has 0 aromatic carbocycles. The Labute approximate surface area is 186 Å². The van der Waals surface area contributed by atoms with Crippen molar-refractivity contribution in [1.29, 1.82) is 0 Å². The second-order valence-corrected chi connectivity index (χ2v) is 23.7. The molecule has 0 saturated carbocycles. The molecule has 0 spiro atoms. The molecular weight excluding hydrogens is 469 g/mol. The molecule has 29 heavy (non-hydrogen) atoms. The van der Waals surface area contributed by atoms with Crippen LogP contribution in [0, 0.1) is 0 Å². The molecule has 0 aromatic heterocycles. The van der Waals surface area contributed by atoms with E-state index in [1.54, 1.807) is 4.90 Å². The van der Waals surface area contributed by atoms with Crippen LogP contribution in [0.4, 0.5) is 4.79 Å². The second kappa shape index (κ2) is 15.8. The topological polar surface area (TPSA) is 49.8 Å². The zero-order valence-corrected chi connectivity index (χ0v) is 23.5. The van der Waals surface area contributed by atoms with Crippen molar-refractivity contribution in [2.75, 3.05) is 6.73 Å². The quantitative estimate of drug-likeness (QED) is 0.130. The summed E-state index contributed by atoms with van der Waals surface area (Å²) in [6.45, 7) is 14.6. The summed E-state index contributed by atoms with van der Waals surface area (Å²) < 4.78 is 10.0. The summed E-state index contributed by atoms with van der Waals surface area (Å²) in [5, 5.41) is 10.3. The molecule has 1 atom stereocenters. The molecule has 1 unspecified atom stereocenters. The van der Waals surface area contributed by atoms with E-state index >= 15 is 0 Å². The molecule has 0 aliphatic rings. The first-order valence-electron chi connectivity index (χ1n) is 12.3. The fourth-order valence-electron chi connectivity index (χ4n) is 4.45. The second-order valence-electron chi connectivity index (χ2n) is 9.78. The molecule has 0 saturated heterocycles. The third-order valence-corrected chi connectivity index (χ3v) is 23.3. The number of amides is 1. The maximum absolute atomic E-state index is 13.1. The summed E-state index contributed by atoms with van der Waals surface area (Å²) in [4.78, 5) is 14.9. The van der Waals surface area contributed by atoms with E-state index in [9.17, 15) is 9.90 Å². The molecular formula is C24H51NO3Sn. The molecule has 0 bridgehead atoms. The summed E-state index contributed by atoms with van der Waals surface area (Å²) in [7, 11) is 0. The van der Waals surface area contributed by atoms with Crippen LogP contribution in [-0.4, -0.2) is 50.9 Å². The Bertz CT molecular complexity index is 401. The molecule has 4 nitrogen and oxygen atoms in total. The monoisotopic (exact) mass is 521 g/mol. The molecule has 0 aliphatic carbocycles. The number of hydrogen-bond acceptors (Lipinski definition) is 3. The Hall–Kier alpha value is 0.0287. The number of aliphatic hydroxyl groups excluding tert-OH is 1. The molecule has 0 radical (unpaired) electrons. The number of unbranched alkanes of at least 4 members (excludes halogenated alkanes) is 5. The summed E-state index contributed by atoms with van der Waals surface area (Å²) in [6, 6.07) is 0. The van der Waals surface area contributed by atoms with Gasteiger partial charge in [-0.25, -0.2) is 0 Å². The van der Waals surface area contributed by atoms with Crippen molar-refractivity contribution in [3.63, 3.8) is 0 Å². The summed E-state index contributed by atoms with van der Waals surface area (Å²) in [5.74, 6) is 0. The van der Waals surface area contributed by atoms with Crippen LogP contribution in [0.25, 0.3) is 0 Å². The van der Waals surface area contributed by atoms with Crippen molar-refractivity contribution < 1.29 is 14.6 Å². The molecule has 1 amide bonds. The molecule has 0 aromatic rings. The Morgan fingerprint density at radius 3 is 1.66 bits per heavy atom. The fourth-order valence-corrected chi connectivity index (χ4v) is 23.2. The van der Waals surface area contributed by atoms with Gasteiger partial charge in [-0.2, -0.15) is 0 Å². The minimum atomic E-state index is -2.75. The number of nitrogens with zero attached hydrogens (tertiary/aromatic N) is 1. The van der Waals surface area contributed by atoms with Crippen LogP contribution in [0.5, 0.6) is 0 Å². The first kappa shape index (κ1) is 29.0. The predicted octanol–water partition coefficient (Wildman–Crippen LogP) is 7.51. The number of ether oxygens (including phenoxy) is 1. The number of carbonyl (C=O) groups excluding carboxylic acids is 1. The predicted molar refractivity (Wildman–Crippen MR) is 128 cm³/mol. The number of carbonyl (C=O) groups is 1. The van der Waals surface area contributed by atoms with Gasteiger partial charge in [0.15, 0.2) is 0 Å².